The van der Waals surface area contributed by atoms with Gasteiger partial charge in [0.15, 0.2) is 5.82 Å². The van der Waals surface area contributed by atoms with Crippen molar-refractivity contribution in [2.75, 3.05) is 0 Å². The van der Waals surface area contributed by atoms with Crippen LogP contribution in [0.5, 0.6) is 0 Å². The molecule has 0 atom stereocenters. The fourth-order valence-corrected chi connectivity index (χ4v) is 10.1. The predicted molar refractivity (Wildman–Crippen MR) is 240 cm³/mol. The number of nitrogens with zero attached hydrogens (tertiary/aromatic N) is 4. The van der Waals surface area contributed by atoms with Crippen LogP contribution in [-0.4, -0.2) is 19.1 Å². The van der Waals surface area contributed by atoms with Crippen LogP contribution < -0.4 is 0 Å². The van der Waals surface area contributed by atoms with E-state index in [2.05, 4.69) is 191 Å². The summed E-state index contributed by atoms with van der Waals surface area (Å²) >= 11 is 1.90. The van der Waals surface area contributed by atoms with Crippen LogP contribution in [-0.2, 0) is 0 Å². The lowest BCUT2D eigenvalue weighted by molar-refractivity contribution is 1.15. The summed E-state index contributed by atoms with van der Waals surface area (Å²) in [5.41, 5.74) is 11.9. The molecule has 0 radical (unpaired) electrons. The standard InChI is InChI=1S/C52H32N4S/c1-4-16-33(17-5-1)41-32-42(34-18-6-2-7-19-34)54-52(53-41)35-28-30-37(31-29-35)56-44-26-14-11-23-39(44)48-50(56)49-46(47-40-24-12-15-27-45(40)57-51(47)48)38-22-10-13-25-43(38)55(49)36-20-8-3-9-21-36/h1-32H. The van der Waals surface area contributed by atoms with Gasteiger partial charge in [-0.1, -0.05) is 133 Å². The molecule has 0 aliphatic heterocycles. The monoisotopic (exact) mass is 744 g/mol. The number of aromatic nitrogens is 4. The third-order valence-electron chi connectivity index (χ3n) is 11.3. The molecule has 0 fully saturated rings. The van der Waals surface area contributed by atoms with Crippen molar-refractivity contribution in [3.05, 3.63) is 194 Å². The summed E-state index contributed by atoms with van der Waals surface area (Å²) < 4.78 is 7.58. The van der Waals surface area contributed by atoms with Gasteiger partial charge in [0.25, 0.3) is 0 Å². The zero-order valence-electron chi connectivity index (χ0n) is 30.7. The highest BCUT2D eigenvalue weighted by Gasteiger charge is 2.26. The molecular formula is C52H32N4S. The van der Waals surface area contributed by atoms with Crippen LogP contribution in [0.1, 0.15) is 0 Å². The molecule has 266 valence electrons. The van der Waals surface area contributed by atoms with Gasteiger partial charge in [-0.2, -0.15) is 0 Å². The number of para-hydroxylation sites is 3. The van der Waals surface area contributed by atoms with Gasteiger partial charge < -0.3 is 9.13 Å². The minimum atomic E-state index is 0.697. The van der Waals surface area contributed by atoms with Gasteiger partial charge >= 0.3 is 0 Å². The predicted octanol–water partition coefficient (Wildman–Crippen LogP) is 14.0. The minimum Gasteiger partial charge on any atom is -0.307 e. The molecule has 0 amide bonds. The summed E-state index contributed by atoms with van der Waals surface area (Å²) in [6.07, 6.45) is 0. The molecule has 0 bridgehead atoms. The average molecular weight is 745 g/mol. The van der Waals surface area contributed by atoms with Crippen molar-refractivity contribution in [2.45, 2.75) is 0 Å². The van der Waals surface area contributed by atoms with E-state index < -0.39 is 0 Å². The summed E-state index contributed by atoms with van der Waals surface area (Å²) in [7, 11) is 0. The van der Waals surface area contributed by atoms with E-state index in [4.69, 9.17) is 9.97 Å². The van der Waals surface area contributed by atoms with Crippen LogP contribution in [0.15, 0.2) is 194 Å². The summed E-state index contributed by atoms with van der Waals surface area (Å²) in [6, 6.07) is 69.1. The molecule has 12 aromatic rings. The minimum absolute atomic E-state index is 0.697. The van der Waals surface area contributed by atoms with Gasteiger partial charge in [0.05, 0.1) is 33.5 Å². The van der Waals surface area contributed by atoms with E-state index in [9.17, 15) is 0 Å². The second kappa shape index (κ2) is 12.6. The van der Waals surface area contributed by atoms with Crippen molar-refractivity contribution in [3.8, 4) is 45.3 Å². The maximum absolute atomic E-state index is 5.14. The third-order valence-corrected chi connectivity index (χ3v) is 12.5. The largest absolute Gasteiger partial charge is 0.307 e. The van der Waals surface area contributed by atoms with E-state index >= 15 is 0 Å². The Morgan fingerprint density at radius 3 is 1.46 bits per heavy atom. The van der Waals surface area contributed by atoms with Crippen LogP contribution >= 0.6 is 11.3 Å². The summed E-state index contributed by atoms with van der Waals surface area (Å²) in [5, 5.41) is 7.69. The van der Waals surface area contributed by atoms with Crippen LogP contribution in [0, 0.1) is 0 Å². The summed E-state index contributed by atoms with van der Waals surface area (Å²) in [5.74, 6) is 0.697. The second-order valence-electron chi connectivity index (χ2n) is 14.5. The number of rotatable bonds is 5. The normalized spacial score (nSPS) is 11.9. The Bertz CT molecular complexity index is 3430. The molecule has 12 rings (SSSR count). The topological polar surface area (TPSA) is 35.6 Å². The smallest absolute Gasteiger partial charge is 0.160 e. The Morgan fingerprint density at radius 1 is 0.368 bits per heavy atom. The lowest BCUT2D eigenvalue weighted by Gasteiger charge is -2.14. The molecule has 0 aliphatic rings. The van der Waals surface area contributed by atoms with Crippen molar-refractivity contribution in [3.63, 3.8) is 0 Å². The van der Waals surface area contributed by atoms with Crippen LogP contribution in [0.3, 0.4) is 0 Å². The molecule has 4 nitrogen and oxygen atoms in total. The van der Waals surface area contributed by atoms with Crippen LogP contribution in [0.4, 0.5) is 0 Å². The van der Waals surface area contributed by atoms with Crippen molar-refractivity contribution in [1.82, 2.24) is 19.1 Å². The van der Waals surface area contributed by atoms with E-state index in [1.54, 1.807) is 0 Å². The average Bonchev–Trinajstić information content (AvgIpc) is 3.95. The van der Waals surface area contributed by atoms with Crippen molar-refractivity contribution < 1.29 is 0 Å². The second-order valence-corrected chi connectivity index (χ2v) is 15.6. The molecule has 4 heterocycles. The lowest BCUT2D eigenvalue weighted by Crippen LogP contribution is -1.99. The molecule has 0 unspecified atom stereocenters. The number of benzene rings is 8. The molecule has 5 heteroatoms. The molecule has 57 heavy (non-hydrogen) atoms. The SMILES string of the molecule is c1ccc(-c2cc(-c3ccccc3)nc(-c3ccc(-n4c5ccccc5c5c6sc7ccccc7c6c6c7ccccc7n(-c7ccccc7)c6c54)cc3)n2)cc1. The molecule has 4 aromatic heterocycles. The molecule has 0 aliphatic carbocycles. The highest BCUT2D eigenvalue weighted by Crippen LogP contribution is 2.51. The fourth-order valence-electron chi connectivity index (χ4n) is 8.84. The first kappa shape index (κ1) is 32.0. The number of fused-ring (bicyclic) bond motifs is 12. The van der Waals surface area contributed by atoms with Gasteiger partial charge in [-0.25, -0.2) is 9.97 Å². The van der Waals surface area contributed by atoms with Crippen LogP contribution in [0.2, 0.25) is 0 Å². The van der Waals surface area contributed by atoms with E-state index in [0.29, 0.717) is 5.82 Å². The van der Waals surface area contributed by atoms with Crippen molar-refractivity contribution in [1.29, 1.82) is 0 Å². The zero-order valence-corrected chi connectivity index (χ0v) is 31.5. The zero-order chi connectivity index (χ0) is 37.5. The maximum atomic E-state index is 5.14. The Hall–Kier alpha value is -7.34. The summed E-state index contributed by atoms with van der Waals surface area (Å²) in [4.78, 5) is 10.3. The lowest BCUT2D eigenvalue weighted by atomic mass is 10.0. The molecule has 0 spiro atoms. The number of hydrogen-bond acceptors (Lipinski definition) is 3. The van der Waals surface area contributed by atoms with Gasteiger partial charge in [0.1, 0.15) is 0 Å². The van der Waals surface area contributed by atoms with Crippen molar-refractivity contribution in [2.24, 2.45) is 0 Å². The first-order valence-electron chi connectivity index (χ1n) is 19.3. The number of hydrogen-bond donors (Lipinski definition) is 0. The molecule has 0 saturated heterocycles. The van der Waals surface area contributed by atoms with E-state index in [1.165, 1.54) is 63.8 Å². The van der Waals surface area contributed by atoms with Crippen LogP contribution in [0.25, 0.3) is 109 Å². The van der Waals surface area contributed by atoms with Gasteiger partial charge in [0.2, 0.25) is 0 Å². The first-order valence-corrected chi connectivity index (χ1v) is 20.1. The molecular weight excluding hydrogens is 713 g/mol. The Balaban J connectivity index is 1.17. The molecule has 8 aromatic carbocycles. The van der Waals surface area contributed by atoms with Gasteiger partial charge in [0, 0.05) is 69.8 Å². The van der Waals surface area contributed by atoms with E-state index in [-0.39, 0.29) is 0 Å². The maximum Gasteiger partial charge on any atom is 0.160 e. The number of thiophene rings is 1. The fraction of sp³-hybridized carbons (Fsp3) is 0. The van der Waals surface area contributed by atoms with E-state index in [1.807, 2.05) is 23.5 Å². The molecule has 0 N–H and O–H groups in total. The van der Waals surface area contributed by atoms with Gasteiger partial charge in [-0.3, -0.25) is 0 Å². The van der Waals surface area contributed by atoms with Crippen molar-refractivity contribution >= 4 is 75.1 Å². The Kier molecular flexibility index (Phi) is 7.06. The third kappa shape index (κ3) is 4.86. The van der Waals surface area contributed by atoms with Gasteiger partial charge in [-0.05, 0) is 60.7 Å². The Morgan fingerprint density at radius 2 is 0.842 bits per heavy atom. The van der Waals surface area contributed by atoms with Gasteiger partial charge in [-0.15, -0.1) is 11.3 Å². The molecule has 0 saturated carbocycles. The summed E-state index contributed by atoms with van der Waals surface area (Å²) in [6.45, 7) is 0. The highest BCUT2D eigenvalue weighted by atomic mass is 32.1. The van der Waals surface area contributed by atoms with E-state index in [0.717, 1.165) is 39.5 Å². The first-order chi connectivity index (χ1) is 28.3. The quantitative estimate of drug-likeness (QED) is 0.176. The Labute approximate surface area is 332 Å². The highest BCUT2D eigenvalue weighted by molar-refractivity contribution is 7.27.